The fourth-order valence-corrected chi connectivity index (χ4v) is 2.16. The highest BCUT2D eigenvalue weighted by Crippen LogP contribution is 2.14. The van der Waals surface area contributed by atoms with Crippen molar-refractivity contribution in [1.29, 1.82) is 0 Å². The van der Waals surface area contributed by atoms with E-state index >= 15 is 0 Å². The van der Waals surface area contributed by atoms with Gasteiger partial charge in [0.2, 0.25) is 17.8 Å². The lowest BCUT2D eigenvalue weighted by atomic mass is 10.3. The van der Waals surface area contributed by atoms with Gasteiger partial charge in [0.25, 0.3) is 0 Å². The van der Waals surface area contributed by atoms with Crippen LogP contribution in [0.4, 0.5) is 17.8 Å². The minimum absolute atomic E-state index is 0.226. The van der Waals surface area contributed by atoms with Crippen LogP contribution in [0.5, 0.6) is 0 Å². The van der Waals surface area contributed by atoms with Crippen molar-refractivity contribution in [3.63, 3.8) is 0 Å². The summed E-state index contributed by atoms with van der Waals surface area (Å²) in [5.74, 6) is 1.37. The van der Waals surface area contributed by atoms with E-state index in [0.717, 1.165) is 19.6 Å². The van der Waals surface area contributed by atoms with E-state index in [1.54, 1.807) is 0 Å². The molecule has 20 heavy (non-hydrogen) atoms. The van der Waals surface area contributed by atoms with Gasteiger partial charge in [0.05, 0.1) is 13.2 Å². The number of nitrogens with two attached hydrogens (primary N) is 1. The fourth-order valence-electron chi connectivity index (χ4n) is 2.16. The summed E-state index contributed by atoms with van der Waals surface area (Å²) >= 11 is 0. The molecule has 1 aliphatic heterocycles. The summed E-state index contributed by atoms with van der Waals surface area (Å²) < 4.78 is 5.32. The average molecular weight is 281 g/mol. The van der Waals surface area contributed by atoms with Gasteiger partial charge in [-0.3, -0.25) is 0 Å². The third kappa shape index (κ3) is 4.17. The van der Waals surface area contributed by atoms with Gasteiger partial charge in [0, 0.05) is 25.7 Å². The second kappa shape index (κ2) is 6.67. The van der Waals surface area contributed by atoms with E-state index in [1.807, 2.05) is 14.1 Å². The van der Waals surface area contributed by atoms with Gasteiger partial charge in [-0.2, -0.15) is 15.0 Å². The molecule has 3 N–H and O–H groups in total. The van der Waals surface area contributed by atoms with Crippen LogP contribution < -0.4 is 16.0 Å². The van der Waals surface area contributed by atoms with E-state index in [9.17, 15) is 0 Å². The number of anilines is 3. The number of likely N-dealkylation sites (N-methyl/N-ethyl adjacent to an activating group) is 1. The molecule has 8 nitrogen and oxygen atoms in total. The Kier molecular flexibility index (Phi) is 4.91. The lowest BCUT2D eigenvalue weighted by Gasteiger charge is -2.27. The highest BCUT2D eigenvalue weighted by molar-refractivity contribution is 5.42. The molecule has 1 saturated heterocycles. The van der Waals surface area contributed by atoms with E-state index < -0.39 is 0 Å². The van der Waals surface area contributed by atoms with Crippen LogP contribution in [0.15, 0.2) is 0 Å². The zero-order valence-electron chi connectivity index (χ0n) is 12.3. The Hall–Kier alpha value is -1.67. The third-order valence-electron chi connectivity index (χ3n) is 2.95. The van der Waals surface area contributed by atoms with E-state index in [1.165, 1.54) is 0 Å². The maximum absolute atomic E-state index is 5.77. The molecule has 0 spiro atoms. The quantitative estimate of drug-likeness (QED) is 0.757. The van der Waals surface area contributed by atoms with Gasteiger partial charge in [-0.25, -0.2) is 0 Å². The summed E-state index contributed by atoms with van der Waals surface area (Å²) in [6.07, 6.45) is 0. The van der Waals surface area contributed by atoms with Crippen LogP contribution in [0, 0.1) is 0 Å². The van der Waals surface area contributed by atoms with Crippen molar-refractivity contribution >= 4 is 17.8 Å². The molecule has 1 aliphatic rings. The standard InChI is InChI=1S/C12H23N7O/c1-9(8-18(2)3)14-11-15-10(13)16-12(17-11)19-4-6-20-7-5-19/h9H,4-8H2,1-3H3,(H3,13,14,15,16,17). The molecule has 8 heteroatoms. The number of hydrogen-bond acceptors (Lipinski definition) is 8. The summed E-state index contributed by atoms with van der Waals surface area (Å²) in [4.78, 5) is 16.9. The number of morpholine rings is 1. The van der Waals surface area contributed by atoms with Crippen molar-refractivity contribution < 1.29 is 4.74 Å². The zero-order chi connectivity index (χ0) is 14.5. The SMILES string of the molecule is CC(CN(C)C)Nc1nc(N)nc(N2CCOCC2)n1. The first kappa shape index (κ1) is 14.7. The van der Waals surface area contributed by atoms with Gasteiger partial charge in [-0.15, -0.1) is 0 Å². The summed E-state index contributed by atoms with van der Waals surface area (Å²) in [5, 5.41) is 3.25. The van der Waals surface area contributed by atoms with Crippen LogP contribution in [0.1, 0.15) is 6.92 Å². The van der Waals surface area contributed by atoms with Crippen LogP contribution in [0.25, 0.3) is 0 Å². The number of aromatic nitrogens is 3. The Morgan fingerprint density at radius 1 is 1.30 bits per heavy atom. The van der Waals surface area contributed by atoms with Crippen molar-refractivity contribution in [3.8, 4) is 0 Å². The number of rotatable bonds is 5. The lowest BCUT2D eigenvalue weighted by molar-refractivity contribution is 0.122. The van der Waals surface area contributed by atoms with E-state index in [2.05, 4.69) is 37.0 Å². The topological polar surface area (TPSA) is 92.4 Å². The van der Waals surface area contributed by atoms with Crippen molar-refractivity contribution in [1.82, 2.24) is 19.9 Å². The molecular weight excluding hydrogens is 258 g/mol. The Morgan fingerprint density at radius 3 is 2.65 bits per heavy atom. The number of hydrogen-bond donors (Lipinski definition) is 2. The monoisotopic (exact) mass is 281 g/mol. The van der Waals surface area contributed by atoms with Crippen molar-refractivity contribution in [2.45, 2.75) is 13.0 Å². The summed E-state index contributed by atoms with van der Waals surface area (Å²) in [7, 11) is 4.05. The summed E-state index contributed by atoms with van der Waals surface area (Å²) in [5.41, 5.74) is 5.77. The predicted molar refractivity (Wildman–Crippen MR) is 78.9 cm³/mol. The van der Waals surface area contributed by atoms with Crippen molar-refractivity contribution in [3.05, 3.63) is 0 Å². The predicted octanol–water partition coefficient (Wildman–Crippen LogP) is -0.348. The van der Waals surface area contributed by atoms with Gasteiger partial charge >= 0.3 is 0 Å². The first-order valence-corrected chi connectivity index (χ1v) is 6.80. The minimum atomic E-state index is 0.226. The second-order valence-corrected chi connectivity index (χ2v) is 5.22. The highest BCUT2D eigenvalue weighted by atomic mass is 16.5. The van der Waals surface area contributed by atoms with Crippen LogP contribution in [-0.2, 0) is 4.74 Å². The fraction of sp³-hybridized carbons (Fsp3) is 0.750. The normalized spacial score (nSPS) is 17.3. The van der Waals surface area contributed by atoms with Gasteiger partial charge in [-0.05, 0) is 21.0 Å². The summed E-state index contributed by atoms with van der Waals surface area (Å²) in [6, 6.07) is 0.226. The van der Waals surface area contributed by atoms with Crippen LogP contribution in [0.2, 0.25) is 0 Å². The Bertz CT molecular complexity index is 434. The first-order chi connectivity index (χ1) is 9.54. The van der Waals surface area contributed by atoms with Crippen LogP contribution >= 0.6 is 0 Å². The smallest absolute Gasteiger partial charge is 0.232 e. The average Bonchev–Trinajstić information content (AvgIpc) is 2.38. The van der Waals surface area contributed by atoms with Gasteiger partial charge in [0.1, 0.15) is 0 Å². The van der Waals surface area contributed by atoms with E-state index in [-0.39, 0.29) is 12.0 Å². The van der Waals surface area contributed by atoms with Crippen LogP contribution in [-0.4, -0.2) is 72.8 Å². The molecule has 1 unspecified atom stereocenters. The molecule has 0 radical (unpaired) electrons. The number of nitrogens with one attached hydrogen (secondary N) is 1. The van der Waals surface area contributed by atoms with Crippen molar-refractivity contribution in [2.24, 2.45) is 0 Å². The molecule has 112 valence electrons. The Balaban J connectivity index is 2.07. The highest BCUT2D eigenvalue weighted by Gasteiger charge is 2.16. The number of ether oxygens (including phenoxy) is 1. The molecule has 2 heterocycles. The number of nitrogen functional groups attached to an aromatic ring is 1. The maximum Gasteiger partial charge on any atom is 0.232 e. The molecule has 1 aromatic rings. The molecule has 1 fully saturated rings. The van der Waals surface area contributed by atoms with E-state index in [0.29, 0.717) is 25.1 Å². The molecule has 0 saturated carbocycles. The van der Waals surface area contributed by atoms with Gasteiger partial charge in [0.15, 0.2) is 0 Å². The largest absolute Gasteiger partial charge is 0.378 e. The third-order valence-corrected chi connectivity index (χ3v) is 2.95. The molecular formula is C12H23N7O. The molecule has 0 aromatic carbocycles. The van der Waals surface area contributed by atoms with Crippen molar-refractivity contribution in [2.75, 3.05) is 62.9 Å². The molecule has 0 bridgehead atoms. The second-order valence-electron chi connectivity index (χ2n) is 5.22. The lowest BCUT2D eigenvalue weighted by Crippen LogP contribution is -2.38. The molecule has 0 aliphatic carbocycles. The number of nitrogens with zero attached hydrogens (tertiary/aromatic N) is 5. The molecule has 2 rings (SSSR count). The Labute approximate surface area is 119 Å². The molecule has 1 aromatic heterocycles. The Morgan fingerprint density at radius 2 is 2.00 bits per heavy atom. The van der Waals surface area contributed by atoms with Gasteiger partial charge < -0.3 is 25.6 Å². The zero-order valence-corrected chi connectivity index (χ0v) is 12.3. The molecule has 0 amide bonds. The molecule has 1 atom stereocenters. The van der Waals surface area contributed by atoms with Gasteiger partial charge in [-0.1, -0.05) is 0 Å². The van der Waals surface area contributed by atoms with E-state index in [4.69, 9.17) is 10.5 Å². The maximum atomic E-state index is 5.77. The van der Waals surface area contributed by atoms with Crippen LogP contribution in [0.3, 0.4) is 0 Å². The minimum Gasteiger partial charge on any atom is -0.378 e. The first-order valence-electron chi connectivity index (χ1n) is 6.80. The summed E-state index contributed by atoms with van der Waals surface area (Å²) in [6.45, 7) is 5.88.